The summed E-state index contributed by atoms with van der Waals surface area (Å²) in [6.45, 7) is 1.98. The van der Waals surface area contributed by atoms with Crippen molar-refractivity contribution in [3.63, 3.8) is 0 Å². The fourth-order valence-corrected chi connectivity index (χ4v) is 5.44. The van der Waals surface area contributed by atoms with Gasteiger partial charge in [0.25, 0.3) is 11.7 Å². The molecule has 0 saturated carbocycles. The van der Waals surface area contributed by atoms with Gasteiger partial charge in [-0.15, -0.1) is 0 Å². The summed E-state index contributed by atoms with van der Waals surface area (Å²) in [6.07, 6.45) is 2.67. The number of anilines is 1. The highest BCUT2D eigenvalue weighted by atomic mass is 35.5. The number of aliphatic hydroxyl groups is 1. The minimum Gasteiger partial charge on any atom is -0.507 e. The van der Waals surface area contributed by atoms with Crippen LogP contribution in [0.1, 0.15) is 29.7 Å². The van der Waals surface area contributed by atoms with Crippen LogP contribution in [0.4, 0.5) is 5.69 Å². The smallest absolute Gasteiger partial charge is 0.300 e. The zero-order valence-corrected chi connectivity index (χ0v) is 20.5. The number of fused-ring (bicyclic) bond motifs is 2. The third-order valence-electron chi connectivity index (χ3n) is 6.94. The number of aliphatic hydroxyl groups excluding tert-OH is 1. The Bertz CT molecular complexity index is 1580. The van der Waals surface area contributed by atoms with E-state index in [1.807, 2.05) is 55.1 Å². The maximum atomic E-state index is 13.5. The average Bonchev–Trinajstić information content (AvgIpc) is 3.50. The molecule has 0 radical (unpaired) electrons. The lowest BCUT2D eigenvalue weighted by molar-refractivity contribution is -0.132. The van der Waals surface area contributed by atoms with Crippen molar-refractivity contribution in [2.24, 2.45) is 7.05 Å². The first-order chi connectivity index (χ1) is 17.3. The second kappa shape index (κ2) is 8.28. The second-order valence-corrected chi connectivity index (χ2v) is 9.75. The highest BCUT2D eigenvalue weighted by Gasteiger charge is 2.48. The van der Waals surface area contributed by atoms with Crippen molar-refractivity contribution in [1.29, 1.82) is 0 Å². The molecule has 0 aliphatic carbocycles. The van der Waals surface area contributed by atoms with Crippen LogP contribution in [0.2, 0.25) is 5.02 Å². The number of aryl methyl sites for hydroxylation is 1. The van der Waals surface area contributed by atoms with Crippen molar-refractivity contribution in [2.75, 3.05) is 4.90 Å². The van der Waals surface area contributed by atoms with E-state index in [0.717, 1.165) is 27.8 Å². The van der Waals surface area contributed by atoms with Crippen LogP contribution in [0.5, 0.6) is 5.75 Å². The Hall–Kier alpha value is -4.03. The van der Waals surface area contributed by atoms with Crippen LogP contribution in [0.15, 0.2) is 78.5 Å². The van der Waals surface area contributed by atoms with E-state index in [1.54, 1.807) is 36.4 Å². The van der Waals surface area contributed by atoms with E-state index in [0.29, 0.717) is 22.7 Å². The third kappa shape index (κ3) is 3.40. The van der Waals surface area contributed by atoms with Gasteiger partial charge in [-0.2, -0.15) is 0 Å². The highest BCUT2D eigenvalue weighted by Crippen LogP contribution is 2.45. The Morgan fingerprint density at radius 1 is 1.06 bits per heavy atom. The van der Waals surface area contributed by atoms with Gasteiger partial charge in [0, 0.05) is 52.4 Å². The Balaban J connectivity index is 1.59. The van der Waals surface area contributed by atoms with Gasteiger partial charge in [-0.1, -0.05) is 29.8 Å². The summed E-state index contributed by atoms with van der Waals surface area (Å²) in [6, 6.07) is 19.1. The monoisotopic (exact) mass is 498 g/mol. The summed E-state index contributed by atoms with van der Waals surface area (Å²) >= 11 is 6.10. The van der Waals surface area contributed by atoms with Crippen LogP contribution < -0.4 is 9.64 Å². The molecule has 2 unspecified atom stereocenters. The van der Waals surface area contributed by atoms with E-state index in [9.17, 15) is 14.7 Å². The van der Waals surface area contributed by atoms with Gasteiger partial charge >= 0.3 is 0 Å². The molecule has 6 nitrogen and oxygen atoms in total. The first-order valence-electron chi connectivity index (χ1n) is 11.7. The number of ketones is 1. The third-order valence-corrected chi connectivity index (χ3v) is 7.19. The molecule has 2 aliphatic rings. The Morgan fingerprint density at radius 3 is 2.58 bits per heavy atom. The van der Waals surface area contributed by atoms with Gasteiger partial charge in [0.05, 0.1) is 11.6 Å². The van der Waals surface area contributed by atoms with Gasteiger partial charge in [-0.25, -0.2) is 0 Å². The summed E-state index contributed by atoms with van der Waals surface area (Å²) < 4.78 is 7.75. The predicted molar refractivity (Wildman–Crippen MR) is 139 cm³/mol. The fraction of sp³-hybridized carbons (Fsp3) is 0.172. The SMILES string of the molecule is CC1Cc2cc(/C(O)=C3\C(=O)C(=O)N(c4ccc(Cl)cc4)C3c3cn(C)c4ccccc34)ccc2O1. The minimum absolute atomic E-state index is 0.0450. The molecular weight excluding hydrogens is 476 g/mol. The molecule has 4 aromatic rings. The van der Waals surface area contributed by atoms with Crippen LogP contribution in [-0.4, -0.2) is 27.5 Å². The molecule has 0 spiro atoms. The van der Waals surface area contributed by atoms with Gasteiger partial charge < -0.3 is 14.4 Å². The standard InChI is InChI=1S/C29H23ClN2O4/c1-16-13-18-14-17(7-12-24(18)36-16)27(33)25-26(22-15-31(2)23-6-4-3-5-21(22)23)32(29(35)28(25)34)20-10-8-19(30)9-11-20/h3-12,14-16,26,33H,13H2,1-2H3/b27-25+. The van der Waals surface area contributed by atoms with E-state index in [-0.39, 0.29) is 17.4 Å². The van der Waals surface area contributed by atoms with E-state index in [4.69, 9.17) is 16.3 Å². The fourth-order valence-electron chi connectivity index (χ4n) is 5.31. The number of hydrogen-bond acceptors (Lipinski definition) is 4. The summed E-state index contributed by atoms with van der Waals surface area (Å²) in [5.74, 6) is -0.864. The second-order valence-electron chi connectivity index (χ2n) is 9.31. The highest BCUT2D eigenvalue weighted by molar-refractivity contribution is 6.52. The number of aromatic nitrogens is 1. The van der Waals surface area contributed by atoms with Gasteiger partial charge in [-0.05, 0) is 61.0 Å². The first-order valence-corrected chi connectivity index (χ1v) is 12.1. The number of benzene rings is 3. The quantitative estimate of drug-likeness (QED) is 0.221. The Kier molecular flexibility index (Phi) is 5.16. The maximum absolute atomic E-state index is 13.5. The molecule has 2 aliphatic heterocycles. The molecule has 7 heteroatoms. The molecule has 180 valence electrons. The summed E-state index contributed by atoms with van der Waals surface area (Å²) in [7, 11) is 1.92. The molecule has 1 N–H and O–H groups in total. The minimum atomic E-state index is -0.819. The number of halogens is 1. The summed E-state index contributed by atoms with van der Waals surface area (Å²) in [5, 5.41) is 13.0. The zero-order valence-electron chi connectivity index (χ0n) is 19.7. The van der Waals surface area contributed by atoms with E-state index >= 15 is 0 Å². The number of carbonyl (C=O) groups excluding carboxylic acids is 2. The lowest BCUT2D eigenvalue weighted by atomic mass is 9.94. The number of rotatable bonds is 3. The Labute approximate surface area is 213 Å². The molecule has 0 bridgehead atoms. The van der Waals surface area contributed by atoms with Crippen molar-refractivity contribution >= 4 is 45.6 Å². The molecule has 2 atom stereocenters. The molecule has 36 heavy (non-hydrogen) atoms. The lowest BCUT2D eigenvalue weighted by Crippen LogP contribution is -2.29. The topological polar surface area (TPSA) is 71.8 Å². The van der Waals surface area contributed by atoms with Gasteiger partial charge in [0.15, 0.2) is 0 Å². The van der Waals surface area contributed by atoms with Crippen molar-refractivity contribution < 1.29 is 19.4 Å². The van der Waals surface area contributed by atoms with Crippen LogP contribution in [0.25, 0.3) is 16.7 Å². The zero-order chi connectivity index (χ0) is 25.1. The molecule has 1 amide bonds. The van der Waals surface area contributed by atoms with Crippen LogP contribution in [0, 0.1) is 0 Å². The number of carbonyl (C=O) groups is 2. The number of Topliss-reactive ketones (excluding diaryl/α,β-unsaturated/α-hetero) is 1. The van der Waals surface area contributed by atoms with Crippen LogP contribution in [0.3, 0.4) is 0 Å². The molecule has 6 rings (SSSR count). The maximum Gasteiger partial charge on any atom is 0.300 e. The first kappa shape index (κ1) is 22.4. The lowest BCUT2D eigenvalue weighted by Gasteiger charge is -2.25. The molecule has 1 aromatic heterocycles. The number of nitrogens with zero attached hydrogens (tertiary/aromatic N) is 2. The number of amides is 1. The number of ether oxygens (including phenoxy) is 1. The van der Waals surface area contributed by atoms with E-state index < -0.39 is 17.7 Å². The molecule has 3 heterocycles. The largest absolute Gasteiger partial charge is 0.507 e. The molecule has 1 saturated heterocycles. The molecular formula is C29H23ClN2O4. The average molecular weight is 499 g/mol. The van der Waals surface area contributed by atoms with Crippen molar-refractivity contribution in [2.45, 2.75) is 25.5 Å². The van der Waals surface area contributed by atoms with Crippen LogP contribution in [-0.2, 0) is 23.1 Å². The molecule has 3 aromatic carbocycles. The van der Waals surface area contributed by atoms with Crippen molar-refractivity contribution in [3.8, 4) is 5.75 Å². The van der Waals surface area contributed by atoms with Crippen molar-refractivity contribution in [1.82, 2.24) is 4.57 Å². The molecule has 1 fully saturated rings. The van der Waals surface area contributed by atoms with E-state index in [2.05, 4.69) is 0 Å². The normalized spacial score (nSPS) is 20.7. The number of para-hydroxylation sites is 1. The van der Waals surface area contributed by atoms with Gasteiger partial charge in [0.2, 0.25) is 0 Å². The van der Waals surface area contributed by atoms with Gasteiger partial charge in [0.1, 0.15) is 17.6 Å². The van der Waals surface area contributed by atoms with E-state index in [1.165, 1.54) is 4.90 Å². The summed E-state index contributed by atoms with van der Waals surface area (Å²) in [5.41, 5.74) is 3.72. The van der Waals surface area contributed by atoms with Crippen LogP contribution >= 0.6 is 11.6 Å². The predicted octanol–water partition coefficient (Wildman–Crippen LogP) is 5.78. The van der Waals surface area contributed by atoms with Gasteiger partial charge in [-0.3, -0.25) is 14.5 Å². The number of hydrogen-bond donors (Lipinski definition) is 1. The summed E-state index contributed by atoms with van der Waals surface area (Å²) in [4.78, 5) is 28.4. The van der Waals surface area contributed by atoms with Crippen molar-refractivity contribution in [3.05, 3.63) is 100 Å². The Morgan fingerprint density at radius 2 is 1.81 bits per heavy atom.